The van der Waals surface area contributed by atoms with Crippen LogP contribution in [0.1, 0.15) is 36.7 Å². The second-order valence-corrected chi connectivity index (χ2v) is 9.25. The summed E-state index contributed by atoms with van der Waals surface area (Å²) >= 11 is 0. The average Bonchev–Trinajstić information content (AvgIpc) is 3.27. The van der Waals surface area contributed by atoms with Crippen LogP contribution in [0.5, 0.6) is 5.75 Å². The van der Waals surface area contributed by atoms with Gasteiger partial charge in [0.05, 0.1) is 35.0 Å². The topological polar surface area (TPSA) is 85.2 Å². The minimum atomic E-state index is -0.114. The third-order valence-electron chi connectivity index (χ3n) is 6.78. The highest BCUT2D eigenvalue weighted by molar-refractivity contribution is 5.92. The minimum absolute atomic E-state index is 0.0656. The molecule has 0 unspecified atom stereocenters. The number of carbonyl (C=O) groups excluding carboxylic acids is 1. The molecule has 0 aliphatic carbocycles. The Bertz CT molecular complexity index is 1350. The number of benzene rings is 2. The number of aryl methyl sites for hydroxylation is 2. The lowest BCUT2D eigenvalue weighted by molar-refractivity contribution is -0.125. The summed E-state index contributed by atoms with van der Waals surface area (Å²) in [7, 11) is 0. The van der Waals surface area contributed by atoms with Crippen molar-refractivity contribution in [2.75, 3.05) is 24.6 Å². The number of fused-ring (bicyclic) bond motifs is 1. The average molecular weight is 485 g/mol. The predicted octanol–water partition coefficient (Wildman–Crippen LogP) is 4.36. The Morgan fingerprint density at radius 3 is 2.61 bits per heavy atom. The first kappa shape index (κ1) is 23.8. The van der Waals surface area contributed by atoms with Gasteiger partial charge < -0.3 is 15.0 Å². The number of ether oxygens (including phenoxy) is 1. The maximum absolute atomic E-state index is 13.1. The van der Waals surface area contributed by atoms with Gasteiger partial charge in [-0.25, -0.2) is 4.68 Å². The standard InChI is InChI=1S/C28H32N6O2/c1-4-36-24-14-12-21(13-15-24)17-29-28(35)22-9-8-16-33(18-22)27-26-25(19(2)30-31-27)20(3)34(32-26)23-10-6-5-7-11-23/h5-7,10-15,22H,4,8-9,16-18H2,1-3H3,(H,29,35)/t22-/m1/s1. The quantitative estimate of drug-likeness (QED) is 0.419. The van der Waals surface area contributed by atoms with E-state index < -0.39 is 0 Å². The van der Waals surface area contributed by atoms with Crippen LogP contribution in [0.3, 0.4) is 0 Å². The van der Waals surface area contributed by atoms with Crippen LogP contribution in [0.25, 0.3) is 16.6 Å². The van der Waals surface area contributed by atoms with Gasteiger partial charge in [-0.05, 0) is 63.4 Å². The molecule has 2 aromatic carbocycles. The Balaban J connectivity index is 1.33. The Morgan fingerprint density at radius 2 is 1.86 bits per heavy atom. The molecule has 1 amide bonds. The summed E-state index contributed by atoms with van der Waals surface area (Å²) in [5.74, 6) is 1.54. The fourth-order valence-electron chi connectivity index (χ4n) is 4.93. The monoisotopic (exact) mass is 484 g/mol. The third kappa shape index (κ3) is 4.76. The summed E-state index contributed by atoms with van der Waals surface area (Å²) in [6.07, 6.45) is 1.77. The highest BCUT2D eigenvalue weighted by Gasteiger charge is 2.29. The van der Waals surface area contributed by atoms with Crippen LogP contribution in [0.4, 0.5) is 5.82 Å². The highest BCUT2D eigenvalue weighted by Crippen LogP contribution is 2.31. The van der Waals surface area contributed by atoms with Gasteiger partial charge in [0.2, 0.25) is 5.91 Å². The van der Waals surface area contributed by atoms with Gasteiger partial charge in [-0.3, -0.25) is 4.79 Å². The summed E-state index contributed by atoms with van der Waals surface area (Å²) in [6, 6.07) is 17.9. The fraction of sp³-hybridized carbons (Fsp3) is 0.357. The molecular formula is C28H32N6O2. The van der Waals surface area contributed by atoms with Crippen molar-refractivity contribution in [3.05, 3.63) is 71.5 Å². The predicted molar refractivity (Wildman–Crippen MR) is 141 cm³/mol. The van der Waals surface area contributed by atoms with E-state index in [9.17, 15) is 4.79 Å². The van der Waals surface area contributed by atoms with Crippen LogP contribution in [0, 0.1) is 19.8 Å². The molecule has 5 rings (SSSR count). The number of hydrogen-bond donors (Lipinski definition) is 1. The number of hydrogen-bond acceptors (Lipinski definition) is 6. The van der Waals surface area contributed by atoms with Crippen molar-refractivity contribution in [2.24, 2.45) is 5.92 Å². The van der Waals surface area contributed by atoms with E-state index in [0.29, 0.717) is 19.7 Å². The molecule has 3 heterocycles. The molecule has 1 saturated heterocycles. The molecule has 8 heteroatoms. The summed E-state index contributed by atoms with van der Waals surface area (Å²) in [5, 5.41) is 18.1. The molecule has 1 atom stereocenters. The van der Waals surface area contributed by atoms with Crippen LogP contribution >= 0.6 is 0 Å². The zero-order chi connectivity index (χ0) is 25.1. The van der Waals surface area contributed by atoms with Crippen molar-refractivity contribution in [1.82, 2.24) is 25.3 Å². The summed E-state index contributed by atoms with van der Waals surface area (Å²) in [4.78, 5) is 15.2. The molecule has 0 saturated carbocycles. The second kappa shape index (κ2) is 10.4. The molecule has 186 valence electrons. The van der Waals surface area contributed by atoms with Crippen molar-refractivity contribution < 1.29 is 9.53 Å². The molecular weight excluding hydrogens is 452 g/mol. The zero-order valence-electron chi connectivity index (χ0n) is 21.1. The van der Waals surface area contributed by atoms with Gasteiger partial charge in [0.15, 0.2) is 5.82 Å². The zero-order valence-corrected chi connectivity index (χ0v) is 21.1. The van der Waals surface area contributed by atoms with Gasteiger partial charge in [0, 0.05) is 19.6 Å². The van der Waals surface area contributed by atoms with E-state index in [1.54, 1.807) is 0 Å². The van der Waals surface area contributed by atoms with Crippen molar-refractivity contribution in [2.45, 2.75) is 40.2 Å². The number of para-hydroxylation sites is 1. The molecule has 1 fully saturated rings. The molecule has 1 aliphatic heterocycles. The van der Waals surface area contributed by atoms with Gasteiger partial charge in [0.25, 0.3) is 0 Å². The van der Waals surface area contributed by atoms with Crippen molar-refractivity contribution >= 4 is 22.6 Å². The summed E-state index contributed by atoms with van der Waals surface area (Å²) < 4.78 is 7.45. The fourth-order valence-corrected chi connectivity index (χ4v) is 4.93. The van der Waals surface area contributed by atoms with E-state index in [1.807, 2.05) is 73.1 Å². The molecule has 2 aromatic heterocycles. The highest BCUT2D eigenvalue weighted by atomic mass is 16.5. The van der Waals surface area contributed by atoms with E-state index in [1.165, 1.54) is 0 Å². The SMILES string of the molecule is CCOc1ccc(CNC(=O)[C@@H]2CCCN(c3nnc(C)c4c(C)n(-c5ccccc5)nc34)C2)cc1. The number of carbonyl (C=O) groups is 1. The molecule has 36 heavy (non-hydrogen) atoms. The number of rotatable bonds is 7. The van der Waals surface area contributed by atoms with Crippen molar-refractivity contribution in [1.29, 1.82) is 0 Å². The third-order valence-corrected chi connectivity index (χ3v) is 6.78. The smallest absolute Gasteiger partial charge is 0.225 e. The first-order valence-electron chi connectivity index (χ1n) is 12.6. The number of piperidine rings is 1. The maximum Gasteiger partial charge on any atom is 0.225 e. The number of aromatic nitrogens is 4. The Morgan fingerprint density at radius 1 is 1.08 bits per heavy atom. The van der Waals surface area contributed by atoms with Crippen LogP contribution in [-0.4, -0.2) is 45.6 Å². The molecule has 0 spiro atoms. The maximum atomic E-state index is 13.1. The Labute approximate surface area is 211 Å². The van der Waals surface area contributed by atoms with E-state index in [-0.39, 0.29) is 11.8 Å². The van der Waals surface area contributed by atoms with Crippen molar-refractivity contribution in [3.63, 3.8) is 0 Å². The van der Waals surface area contributed by atoms with E-state index >= 15 is 0 Å². The molecule has 1 N–H and O–H groups in total. The number of nitrogens with zero attached hydrogens (tertiary/aromatic N) is 5. The largest absolute Gasteiger partial charge is 0.494 e. The second-order valence-electron chi connectivity index (χ2n) is 9.25. The van der Waals surface area contributed by atoms with Crippen molar-refractivity contribution in [3.8, 4) is 11.4 Å². The van der Waals surface area contributed by atoms with Crippen LogP contribution in [0.15, 0.2) is 54.6 Å². The van der Waals surface area contributed by atoms with Gasteiger partial charge in [-0.1, -0.05) is 30.3 Å². The van der Waals surface area contributed by atoms with Crippen LogP contribution < -0.4 is 15.0 Å². The molecule has 4 aromatic rings. The number of amides is 1. The van der Waals surface area contributed by atoms with E-state index in [4.69, 9.17) is 9.84 Å². The summed E-state index contributed by atoms with van der Waals surface area (Å²) in [6.45, 7) is 8.55. The normalized spacial score (nSPS) is 15.8. The Hall–Kier alpha value is -3.94. The number of anilines is 1. The van der Waals surface area contributed by atoms with Gasteiger partial charge in [-0.15, -0.1) is 5.10 Å². The van der Waals surface area contributed by atoms with Gasteiger partial charge >= 0.3 is 0 Å². The molecule has 0 bridgehead atoms. The van der Waals surface area contributed by atoms with E-state index in [2.05, 4.69) is 27.3 Å². The first-order valence-corrected chi connectivity index (χ1v) is 12.6. The van der Waals surface area contributed by atoms with Crippen LogP contribution in [0.2, 0.25) is 0 Å². The van der Waals surface area contributed by atoms with Gasteiger partial charge in [-0.2, -0.15) is 10.2 Å². The summed E-state index contributed by atoms with van der Waals surface area (Å²) in [5.41, 5.74) is 4.77. The van der Waals surface area contributed by atoms with Crippen LogP contribution in [-0.2, 0) is 11.3 Å². The number of nitrogens with one attached hydrogen (secondary N) is 1. The first-order chi connectivity index (χ1) is 17.5. The molecule has 0 radical (unpaired) electrons. The molecule has 8 nitrogen and oxygen atoms in total. The lowest BCUT2D eigenvalue weighted by Crippen LogP contribution is -2.43. The van der Waals surface area contributed by atoms with E-state index in [0.717, 1.165) is 64.5 Å². The minimum Gasteiger partial charge on any atom is -0.494 e. The van der Waals surface area contributed by atoms with Gasteiger partial charge in [0.1, 0.15) is 11.3 Å². The molecule has 1 aliphatic rings. The lowest BCUT2D eigenvalue weighted by atomic mass is 9.97. The lowest BCUT2D eigenvalue weighted by Gasteiger charge is -2.32. The Kier molecular flexibility index (Phi) is 6.84.